The van der Waals surface area contributed by atoms with Crippen molar-refractivity contribution < 1.29 is 19.1 Å². The van der Waals surface area contributed by atoms with E-state index in [0.717, 1.165) is 29.7 Å². The molecule has 168 valence electrons. The number of carbonyl (C=O) groups excluding carboxylic acids is 2. The van der Waals surface area contributed by atoms with Gasteiger partial charge in [0, 0.05) is 11.1 Å². The maximum Gasteiger partial charge on any atom is 0.339 e. The average Bonchev–Trinajstić information content (AvgIpc) is 2.96. The minimum absolute atomic E-state index is 0.0309. The van der Waals surface area contributed by atoms with E-state index in [1.165, 1.54) is 0 Å². The number of allylic oxidation sites excluding steroid dienone is 1. The zero-order valence-corrected chi connectivity index (χ0v) is 19.5. The van der Waals surface area contributed by atoms with Crippen LogP contribution in [0.2, 0.25) is 0 Å². The number of esters is 1. The van der Waals surface area contributed by atoms with Crippen molar-refractivity contribution in [2.75, 3.05) is 11.5 Å². The average molecular weight is 436 g/mol. The van der Waals surface area contributed by atoms with Gasteiger partial charge < -0.3 is 20.1 Å². The summed E-state index contributed by atoms with van der Waals surface area (Å²) in [7, 11) is 0. The molecule has 0 saturated carbocycles. The SMILES string of the molecule is CCOC(=O)C1=C(C)OC(N)=C(C#N)[C@]12C(=O)N1c3c(cc(CC)cc32)[C@H](C)CC1(C)C. The smallest absolute Gasteiger partial charge is 0.339 e. The van der Waals surface area contributed by atoms with Crippen LogP contribution in [0.4, 0.5) is 5.69 Å². The van der Waals surface area contributed by atoms with Gasteiger partial charge in [-0.3, -0.25) is 4.79 Å². The fourth-order valence-corrected chi connectivity index (χ4v) is 5.71. The van der Waals surface area contributed by atoms with E-state index in [9.17, 15) is 14.9 Å². The number of ether oxygens (including phenoxy) is 2. The van der Waals surface area contributed by atoms with Gasteiger partial charge in [0.05, 0.1) is 12.3 Å². The number of rotatable bonds is 3. The molecule has 0 aliphatic carbocycles. The Balaban J connectivity index is 2.19. The molecular weight excluding hydrogens is 406 g/mol. The van der Waals surface area contributed by atoms with Gasteiger partial charge in [0.1, 0.15) is 23.0 Å². The Bertz CT molecular complexity index is 1150. The molecule has 0 bridgehead atoms. The molecule has 4 rings (SSSR count). The van der Waals surface area contributed by atoms with Crippen LogP contribution in [-0.2, 0) is 30.9 Å². The summed E-state index contributed by atoms with van der Waals surface area (Å²) in [6.07, 6.45) is 1.50. The van der Waals surface area contributed by atoms with E-state index in [-0.39, 0.29) is 41.2 Å². The Hall–Kier alpha value is -3.27. The van der Waals surface area contributed by atoms with Crippen LogP contribution in [0, 0.1) is 11.3 Å². The molecule has 1 spiro atoms. The predicted octanol–water partition coefficient (Wildman–Crippen LogP) is 3.68. The molecule has 0 aromatic heterocycles. The minimum atomic E-state index is -1.69. The van der Waals surface area contributed by atoms with Crippen LogP contribution in [-0.4, -0.2) is 24.0 Å². The van der Waals surface area contributed by atoms with Crippen LogP contribution in [0.3, 0.4) is 0 Å². The summed E-state index contributed by atoms with van der Waals surface area (Å²) < 4.78 is 11.0. The normalized spacial score (nSPS) is 25.6. The third-order valence-electron chi connectivity index (χ3n) is 6.90. The third-order valence-corrected chi connectivity index (χ3v) is 6.90. The van der Waals surface area contributed by atoms with Crippen LogP contribution in [0.1, 0.15) is 70.6 Å². The van der Waals surface area contributed by atoms with Crippen molar-refractivity contribution in [1.29, 1.82) is 5.26 Å². The summed E-state index contributed by atoms with van der Waals surface area (Å²) in [4.78, 5) is 29.5. The second kappa shape index (κ2) is 7.13. The molecule has 3 aliphatic rings. The molecule has 3 aliphatic heterocycles. The molecule has 2 N–H and O–H groups in total. The molecule has 1 amide bonds. The molecule has 3 heterocycles. The Morgan fingerprint density at radius 2 is 2.06 bits per heavy atom. The van der Waals surface area contributed by atoms with Crippen molar-refractivity contribution in [1.82, 2.24) is 0 Å². The second-order valence-corrected chi connectivity index (χ2v) is 9.35. The van der Waals surface area contributed by atoms with E-state index in [2.05, 4.69) is 19.1 Å². The zero-order valence-electron chi connectivity index (χ0n) is 19.5. The number of nitrogens with zero attached hydrogens (tertiary/aromatic N) is 2. The number of fused-ring (bicyclic) bond motifs is 1. The van der Waals surface area contributed by atoms with Crippen LogP contribution in [0.5, 0.6) is 0 Å². The maximum absolute atomic E-state index is 14.4. The summed E-state index contributed by atoms with van der Waals surface area (Å²) in [5, 5.41) is 10.2. The first kappa shape index (κ1) is 21.9. The predicted molar refractivity (Wildman–Crippen MR) is 119 cm³/mol. The first-order chi connectivity index (χ1) is 15.1. The number of hydrogen-bond acceptors (Lipinski definition) is 6. The Morgan fingerprint density at radius 3 is 2.66 bits per heavy atom. The zero-order chi connectivity index (χ0) is 23.6. The van der Waals surface area contributed by atoms with Gasteiger partial charge in [0.2, 0.25) is 11.8 Å². The van der Waals surface area contributed by atoms with Gasteiger partial charge >= 0.3 is 5.97 Å². The van der Waals surface area contributed by atoms with Gasteiger partial charge in [0.25, 0.3) is 0 Å². The number of nitrogens with two attached hydrogens (primary N) is 1. The largest absolute Gasteiger partial charge is 0.462 e. The standard InChI is InChI=1S/C25H29N3O4/c1-7-15-9-16-13(3)11-24(5,6)28-20(16)17(10-15)25(23(28)30)18(12-26)21(27)32-14(4)19(25)22(29)31-8-2/h9-10,13H,7-8,11,27H2,1-6H3/t13-,25+/m1/s1. The number of nitriles is 1. The van der Waals surface area contributed by atoms with Crippen molar-refractivity contribution in [3.05, 3.63) is 51.6 Å². The highest BCUT2D eigenvalue weighted by Crippen LogP contribution is 2.60. The topological polar surface area (TPSA) is 106 Å². The van der Waals surface area contributed by atoms with Gasteiger partial charge in [-0.15, -0.1) is 0 Å². The molecule has 7 heteroatoms. The second-order valence-electron chi connectivity index (χ2n) is 9.35. The van der Waals surface area contributed by atoms with Crippen molar-refractivity contribution in [3.63, 3.8) is 0 Å². The highest BCUT2D eigenvalue weighted by Gasteiger charge is 2.65. The van der Waals surface area contributed by atoms with E-state index >= 15 is 0 Å². The monoisotopic (exact) mass is 435 g/mol. The fraction of sp³-hybridized carbons (Fsp3) is 0.480. The van der Waals surface area contributed by atoms with Gasteiger partial charge in [-0.2, -0.15) is 5.26 Å². The van der Waals surface area contributed by atoms with Gasteiger partial charge in [-0.25, -0.2) is 4.79 Å². The maximum atomic E-state index is 14.4. The molecule has 1 aromatic rings. The molecule has 0 saturated heterocycles. The first-order valence-electron chi connectivity index (χ1n) is 11.0. The summed E-state index contributed by atoms with van der Waals surface area (Å²) in [5.41, 5.74) is 7.39. The lowest BCUT2D eigenvalue weighted by Crippen LogP contribution is -2.55. The molecule has 0 unspecified atom stereocenters. The van der Waals surface area contributed by atoms with Gasteiger partial charge in [0.15, 0.2) is 5.41 Å². The Kier molecular flexibility index (Phi) is 4.89. The summed E-state index contributed by atoms with van der Waals surface area (Å²) in [6.45, 7) is 11.6. The summed E-state index contributed by atoms with van der Waals surface area (Å²) >= 11 is 0. The number of carbonyl (C=O) groups is 2. The van der Waals surface area contributed by atoms with Crippen molar-refractivity contribution in [2.45, 2.75) is 71.3 Å². The van der Waals surface area contributed by atoms with Gasteiger partial charge in [-0.1, -0.05) is 26.0 Å². The number of aryl methyl sites for hydroxylation is 1. The number of benzene rings is 1. The van der Waals surface area contributed by atoms with E-state index < -0.39 is 16.9 Å². The lowest BCUT2D eigenvalue weighted by molar-refractivity contribution is -0.141. The van der Waals surface area contributed by atoms with Crippen molar-refractivity contribution in [3.8, 4) is 6.07 Å². The van der Waals surface area contributed by atoms with E-state index in [4.69, 9.17) is 15.2 Å². The van der Waals surface area contributed by atoms with Gasteiger partial charge in [-0.05, 0) is 57.6 Å². The highest BCUT2D eigenvalue weighted by molar-refractivity contribution is 6.20. The van der Waals surface area contributed by atoms with E-state index in [1.807, 2.05) is 26.8 Å². The van der Waals surface area contributed by atoms with Crippen LogP contribution in [0.25, 0.3) is 0 Å². The number of amides is 1. The molecule has 0 radical (unpaired) electrons. The molecule has 2 atom stereocenters. The summed E-state index contributed by atoms with van der Waals surface area (Å²) in [6, 6.07) is 6.18. The van der Waals surface area contributed by atoms with E-state index in [1.54, 1.807) is 18.7 Å². The van der Waals surface area contributed by atoms with Crippen LogP contribution >= 0.6 is 0 Å². The molecule has 7 nitrogen and oxygen atoms in total. The molecule has 1 aromatic carbocycles. The quantitative estimate of drug-likeness (QED) is 0.726. The van der Waals surface area contributed by atoms with E-state index in [0.29, 0.717) is 5.56 Å². The number of hydrogen-bond donors (Lipinski definition) is 1. The van der Waals surface area contributed by atoms with Crippen molar-refractivity contribution in [2.24, 2.45) is 5.73 Å². The van der Waals surface area contributed by atoms with Crippen LogP contribution < -0.4 is 10.6 Å². The fourth-order valence-electron chi connectivity index (χ4n) is 5.71. The minimum Gasteiger partial charge on any atom is -0.462 e. The Morgan fingerprint density at radius 1 is 1.38 bits per heavy atom. The highest BCUT2D eigenvalue weighted by atomic mass is 16.5. The summed E-state index contributed by atoms with van der Waals surface area (Å²) in [5.74, 6) is -0.821. The molecule has 32 heavy (non-hydrogen) atoms. The lowest BCUT2D eigenvalue weighted by Gasteiger charge is -2.44. The van der Waals surface area contributed by atoms with Crippen molar-refractivity contribution >= 4 is 17.6 Å². The third kappa shape index (κ3) is 2.59. The van der Waals surface area contributed by atoms with Crippen LogP contribution in [0.15, 0.2) is 34.9 Å². The Labute approximate surface area is 188 Å². The molecule has 0 fully saturated rings. The first-order valence-corrected chi connectivity index (χ1v) is 11.0. The number of anilines is 1. The molecular formula is C25H29N3O4. The lowest BCUT2D eigenvalue weighted by atomic mass is 9.67.